The van der Waals surface area contributed by atoms with Gasteiger partial charge < -0.3 is 5.73 Å². The Hall–Kier alpha value is -0.580. The van der Waals surface area contributed by atoms with E-state index >= 15 is 0 Å². The van der Waals surface area contributed by atoms with E-state index in [1.807, 2.05) is 23.9 Å². The maximum atomic E-state index is 13.8. The normalized spacial score (nSPS) is 26.4. The number of nitrogens with two attached hydrogens (primary N) is 1. The van der Waals surface area contributed by atoms with Gasteiger partial charge in [0.25, 0.3) is 0 Å². The van der Waals surface area contributed by atoms with Gasteiger partial charge in [0.2, 0.25) is 0 Å². The van der Waals surface area contributed by atoms with Crippen molar-refractivity contribution in [2.24, 2.45) is 5.73 Å². The second kappa shape index (κ2) is 6.25. The summed E-state index contributed by atoms with van der Waals surface area (Å²) >= 11 is 2.00. The molecule has 0 aliphatic carbocycles. The van der Waals surface area contributed by atoms with Crippen LogP contribution in [0, 0.1) is 12.7 Å². The van der Waals surface area contributed by atoms with Gasteiger partial charge in [-0.15, -0.1) is 0 Å². The highest BCUT2D eigenvalue weighted by atomic mass is 32.2. The monoisotopic (exact) mass is 282 g/mol. The molecule has 1 aliphatic rings. The van der Waals surface area contributed by atoms with Crippen molar-refractivity contribution >= 4 is 11.8 Å². The number of nitrogens with zero attached hydrogens (tertiary/aromatic N) is 1. The molecule has 3 unspecified atom stereocenters. The summed E-state index contributed by atoms with van der Waals surface area (Å²) in [5, 5.41) is 0.595. The minimum atomic E-state index is -0.136. The average Bonchev–Trinajstić information content (AvgIpc) is 2.39. The van der Waals surface area contributed by atoms with E-state index in [-0.39, 0.29) is 11.9 Å². The van der Waals surface area contributed by atoms with Crippen molar-refractivity contribution in [1.82, 2.24) is 4.90 Å². The number of aryl methyl sites for hydroxylation is 1. The van der Waals surface area contributed by atoms with Crippen LogP contribution in [0.2, 0.25) is 0 Å². The van der Waals surface area contributed by atoms with Crippen LogP contribution in [0.4, 0.5) is 4.39 Å². The molecule has 19 heavy (non-hydrogen) atoms. The summed E-state index contributed by atoms with van der Waals surface area (Å²) in [6, 6.07) is 6.09. The topological polar surface area (TPSA) is 29.3 Å². The van der Waals surface area contributed by atoms with Crippen LogP contribution in [0.1, 0.15) is 31.0 Å². The lowest BCUT2D eigenvalue weighted by Crippen LogP contribution is -2.48. The zero-order valence-electron chi connectivity index (χ0n) is 11.9. The fourth-order valence-corrected chi connectivity index (χ4v) is 3.80. The van der Waals surface area contributed by atoms with Gasteiger partial charge in [0.05, 0.1) is 0 Å². The van der Waals surface area contributed by atoms with Crippen LogP contribution in [0.25, 0.3) is 0 Å². The van der Waals surface area contributed by atoms with Crippen LogP contribution in [0.3, 0.4) is 0 Å². The van der Waals surface area contributed by atoms with Gasteiger partial charge >= 0.3 is 0 Å². The van der Waals surface area contributed by atoms with Crippen molar-refractivity contribution < 1.29 is 4.39 Å². The van der Waals surface area contributed by atoms with E-state index in [0.717, 1.165) is 17.9 Å². The lowest BCUT2D eigenvalue weighted by molar-refractivity contribution is 0.150. The van der Waals surface area contributed by atoms with Crippen molar-refractivity contribution in [3.63, 3.8) is 0 Å². The molecular weight excluding hydrogens is 259 g/mol. The van der Waals surface area contributed by atoms with E-state index in [1.54, 1.807) is 13.0 Å². The molecule has 0 radical (unpaired) electrons. The zero-order valence-corrected chi connectivity index (χ0v) is 12.7. The first-order valence-electron chi connectivity index (χ1n) is 6.88. The number of hydrogen-bond acceptors (Lipinski definition) is 3. The Morgan fingerprint density at radius 1 is 1.47 bits per heavy atom. The molecule has 106 valence electrons. The highest BCUT2D eigenvalue weighted by Gasteiger charge is 2.31. The molecule has 1 aromatic carbocycles. The highest BCUT2D eigenvalue weighted by molar-refractivity contribution is 8.00. The van der Waals surface area contributed by atoms with Crippen molar-refractivity contribution in [3.05, 3.63) is 35.1 Å². The molecule has 1 fully saturated rings. The summed E-state index contributed by atoms with van der Waals surface area (Å²) in [6.45, 7) is 7.84. The summed E-state index contributed by atoms with van der Waals surface area (Å²) in [5.74, 6) is 0.985. The first kappa shape index (κ1) is 14.8. The molecule has 0 spiro atoms. The molecule has 1 aliphatic heterocycles. The molecule has 0 aromatic heterocycles. The van der Waals surface area contributed by atoms with Gasteiger partial charge in [-0.1, -0.05) is 19.1 Å². The third kappa shape index (κ3) is 3.12. The zero-order chi connectivity index (χ0) is 14.0. The minimum Gasteiger partial charge on any atom is -0.329 e. The quantitative estimate of drug-likeness (QED) is 0.924. The van der Waals surface area contributed by atoms with Gasteiger partial charge in [0.15, 0.2) is 0 Å². The van der Waals surface area contributed by atoms with Crippen LogP contribution in [-0.4, -0.2) is 35.0 Å². The van der Waals surface area contributed by atoms with Crippen LogP contribution in [0.5, 0.6) is 0 Å². The van der Waals surface area contributed by atoms with E-state index in [9.17, 15) is 4.39 Å². The Labute approximate surface area is 119 Å². The molecular formula is C15H23FN2S. The molecule has 4 heteroatoms. The first-order valence-corrected chi connectivity index (χ1v) is 7.93. The molecule has 3 atom stereocenters. The maximum Gasteiger partial charge on any atom is 0.126 e. The third-order valence-electron chi connectivity index (χ3n) is 4.14. The third-order valence-corrected chi connectivity index (χ3v) is 5.47. The fraction of sp³-hybridized carbons (Fsp3) is 0.600. The Morgan fingerprint density at radius 2 is 2.21 bits per heavy atom. The molecule has 2 rings (SSSR count). The number of thioether (sulfide) groups is 1. The number of halogens is 1. The maximum absolute atomic E-state index is 13.8. The van der Waals surface area contributed by atoms with E-state index in [1.165, 1.54) is 0 Å². The van der Waals surface area contributed by atoms with E-state index in [0.29, 0.717) is 23.4 Å². The van der Waals surface area contributed by atoms with Gasteiger partial charge in [-0.2, -0.15) is 11.8 Å². The van der Waals surface area contributed by atoms with Gasteiger partial charge in [-0.3, -0.25) is 4.90 Å². The second-order valence-corrected chi connectivity index (χ2v) is 6.80. The van der Waals surface area contributed by atoms with Crippen molar-refractivity contribution in [2.45, 2.75) is 38.1 Å². The number of hydrogen-bond donors (Lipinski definition) is 1. The smallest absolute Gasteiger partial charge is 0.126 e. The van der Waals surface area contributed by atoms with Crippen molar-refractivity contribution in [1.29, 1.82) is 0 Å². The van der Waals surface area contributed by atoms with E-state index < -0.39 is 0 Å². The molecule has 0 bridgehead atoms. The Morgan fingerprint density at radius 3 is 2.84 bits per heavy atom. The fourth-order valence-electron chi connectivity index (χ4n) is 2.68. The number of rotatable bonds is 3. The summed E-state index contributed by atoms with van der Waals surface area (Å²) in [5.41, 5.74) is 7.65. The van der Waals surface area contributed by atoms with Crippen LogP contribution in [-0.2, 0) is 0 Å². The molecule has 1 saturated heterocycles. The average molecular weight is 282 g/mol. The summed E-state index contributed by atoms with van der Waals surface area (Å²) in [4.78, 5) is 2.42. The SMILES string of the molecule is Cc1ccc(C(CN)N2CCSC(C)C2C)cc1F. The Balaban J connectivity index is 2.25. The van der Waals surface area contributed by atoms with Crippen LogP contribution >= 0.6 is 11.8 Å². The van der Waals surface area contributed by atoms with Gasteiger partial charge in [0, 0.05) is 36.2 Å². The predicted octanol–water partition coefficient (Wildman–Crippen LogP) is 2.96. The van der Waals surface area contributed by atoms with Crippen LogP contribution in [0.15, 0.2) is 18.2 Å². The molecule has 2 nitrogen and oxygen atoms in total. The molecule has 1 aromatic rings. The molecule has 1 heterocycles. The van der Waals surface area contributed by atoms with Gasteiger partial charge in [0.1, 0.15) is 5.82 Å². The summed E-state index contributed by atoms with van der Waals surface area (Å²) < 4.78 is 13.8. The van der Waals surface area contributed by atoms with Crippen LogP contribution < -0.4 is 5.73 Å². The lowest BCUT2D eigenvalue weighted by atomic mass is 10.0. The molecule has 2 N–H and O–H groups in total. The number of benzene rings is 1. The Bertz CT molecular complexity index is 438. The second-order valence-electron chi connectivity index (χ2n) is 5.31. The Kier molecular flexibility index (Phi) is 4.87. The molecule has 0 saturated carbocycles. The van der Waals surface area contributed by atoms with Crippen molar-refractivity contribution in [2.75, 3.05) is 18.8 Å². The van der Waals surface area contributed by atoms with Crippen molar-refractivity contribution in [3.8, 4) is 0 Å². The van der Waals surface area contributed by atoms with E-state index in [2.05, 4.69) is 18.7 Å². The lowest BCUT2D eigenvalue weighted by Gasteiger charge is -2.42. The largest absolute Gasteiger partial charge is 0.329 e. The summed E-state index contributed by atoms with van der Waals surface area (Å²) in [7, 11) is 0. The standard InChI is InChI=1S/C15H23FN2S/c1-10-4-5-13(8-14(10)16)15(9-17)18-6-7-19-12(3)11(18)2/h4-5,8,11-12,15H,6-7,9,17H2,1-3H3. The van der Waals surface area contributed by atoms with E-state index in [4.69, 9.17) is 5.73 Å². The summed E-state index contributed by atoms with van der Waals surface area (Å²) in [6.07, 6.45) is 0. The first-order chi connectivity index (χ1) is 9.04. The predicted molar refractivity (Wildman–Crippen MR) is 81.0 cm³/mol. The minimum absolute atomic E-state index is 0.119. The molecule has 0 amide bonds. The van der Waals surface area contributed by atoms with Gasteiger partial charge in [-0.05, 0) is 31.0 Å². The van der Waals surface area contributed by atoms with Gasteiger partial charge in [-0.25, -0.2) is 4.39 Å². The highest BCUT2D eigenvalue weighted by Crippen LogP contribution is 2.31.